The molecular formula is C29H40N6O3. The van der Waals surface area contributed by atoms with Crippen molar-refractivity contribution in [3.8, 4) is 28.6 Å². The molecule has 1 aromatic heterocycles. The van der Waals surface area contributed by atoms with Crippen molar-refractivity contribution in [1.82, 2.24) is 29.9 Å². The molecule has 0 saturated carbocycles. The molecule has 0 unspecified atom stereocenters. The minimum atomic E-state index is -0.324. The van der Waals surface area contributed by atoms with Crippen LogP contribution in [-0.2, 0) is 6.54 Å². The fourth-order valence-electron chi connectivity index (χ4n) is 4.93. The highest BCUT2D eigenvalue weighted by Crippen LogP contribution is 2.38. The summed E-state index contributed by atoms with van der Waals surface area (Å²) in [7, 11) is 1.59. The number of carbonyl (C=O) groups excluding carboxylic acids is 1. The number of hydrogen-bond acceptors (Lipinski definition) is 7. The van der Waals surface area contributed by atoms with Gasteiger partial charge in [-0.15, -0.1) is 10.2 Å². The van der Waals surface area contributed by atoms with Gasteiger partial charge in [-0.1, -0.05) is 26.0 Å². The van der Waals surface area contributed by atoms with Crippen LogP contribution in [0.4, 0.5) is 0 Å². The van der Waals surface area contributed by atoms with Crippen LogP contribution in [-0.4, -0.2) is 81.5 Å². The number of benzene rings is 2. The molecule has 2 N–H and O–H groups in total. The van der Waals surface area contributed by atoms with E-state index >= 15 is 0 Å². The number of nitrogens with zero attached hydrogens (tertiary/aromatic N) is 5. The largest absolute Gasteiger partial charge is 0.507 e. The first kappa shape index (κ1) is 27.6. The van der Waals surface area contributed by atoms with Crippen LogP contribution in [0.5, 0.6) is 11.5 Å². The molecule has 0 aliphatic carbocycles. The Hall–Kier alpha value is -3.43. The predicted octanol–water partition coefficient (Wildman–Crippen LogP) is 4.05. The SMILES string of the molecule is CCNC(=O)c1nnc(-c2cc(C(C)C)c(OC)cc2O)n1-c1ccc(CN2CCN(C(C)C)CC2)cc1. The maximum Gasteiger partial charge on any atom is 0.289 e. The van der Waals surface area contributed by atoms with Crippen LogP contribution in [0.15, 0.2) is 36.4 Å². The molecule has 1 amide bonds. The second kappa shape index (κ2) is 12.0. The van der Waals surface area contributed by atoms with Gasteiger partial charge in [-0.25, -0.2) is 0 Å². The lowest BCUT2D eigenvalue weighted by molar-refractivity contribution is 0.0943. The summed E-state index contributed by atoms with van der Waals surface area (Å²) >= 11 is 0. The van der Waals surface area contributed by atoms with Gasteiger partial charge in [0.25, 0.3) is 5.91 Å². The Kier molecular flexibility index (Phi) is 8.69. The lowest BCUT2D eigenvalue weighted by Crippen LogP contribution is -2.48. The summed E-state index contributed by atoms with van der Waals surface area (Å²) in [6.07, 6.45) is 0. The number of hydrogen-bond donors (Lipinski definition) is 2. The Morgan fingerprint density at radius 3 is 2.32 bits per heavy atom. The van der Waals surface area contributed by atoms with Crippen molar-refractivity contribution in [3.05, 3.63) is 53.3 Å². The third-order valence-corrected chi connectivity index (χ3v) is 7.15. The molecular weight excluding hydrogens is 480 g/mol. The standard InChI is InChI=1S/C29H40N6O3/c1-7-30-29(37)28-32-31-27(24-16-23(19(2)3)26(38-6)17-25(24)36)35(28)22-10-8-21(9-11-22)18-33-12-14-34(15-13-33)20(4)5/h8-11,16-17,19-20,36H,7,12-15,18H2,1-6H3,(H,30,37). The summed E-state index contributed by atoms with van der Waals surface area (Å²) in [6, 6.07) is 12.2. The number of aromatic hydroxyl groups is 1. The van der Waals surface area contributed by atoms with Crippen molar-refractivity contribution in [1.29, 1.82) is 0 Å². The van der Waals surface area contributed by atoms with E-state index in [4.69, 9.17) is 4.74 Å². The number of amides is 1. The number of phenolic OH excluding ortho intramolecular Hbond substituents is 1. The number of methoxy groups -OCH3 is 1. The minimum absolute atomic E-state index is 0.0134. The topological polar surface area (TPSA) is 95.8 Å². The number of carbonyl (C=O) groups is 1. The molecule has 0 spiro atoms. The maximum atomic E-state index is 12.9. The number of rotatable bonds is 9. The highest BCUT2D eigenvalue weighted by molar-refractivity contribution is 5.92. The van der Waals surface area contributed by atoms with Gasteiger partial charge in [0, 0.05) is 57.1 Å². The fraction of sp³-hybridized carbons (Fsp3) is 0.483. The highest BCUT2D eigenvalue weighted by atomic mass is 16.5. The van der Waals surface area contributed by atoms with E-state index in [-0.39, 0.29) is 23.4 Å². The number of ether oxygens (including phenoxy) is 1. The first-order valence-corrected chi connectivity index (χ1v) is 13.4. The predicted molar refractivity (Wildman–Crippen MR) is 149 cm³/mol. The van der Waals surface area contributed by atoms with E-state index in [2.05, 4.69) is 65.1 Å². The average Bonchev–Trinajstić information content (AvgIpc) is 3.34. The summed E-state index contributed by atoms with van der Waals surface area (Å²) in [5.41, 5.74) is 3.38. The summed E-state index contributed by atoms with van der Waals surface area (Å²) in [6.45, 7) is 16.1. The van der Waals surface area contributed by atoms with E-state index in [1.54, 1.807) is 17.7 Å². The summed E-state index contributed by atoms with van der Waals surface area (Å²) in [4.78, 5) is 17.9. The second-order valence-corrected chi connectivity index (χ2v) is 10.4. The second-order valence-electron chi connectivity index (χ2n) is 10.4. The summed E-state index contributed by atoms with van der Waals surface area (Å²) < 4.78 is 7.20. The lowest BCUT2D eigenvalue weighted by Gasteiger charge is -2.36. The molecule has 0 radical (unpaired) electrons. The van der Waals surface area contributed by atoms with Crippen molar-refractivity contribution in [2.75, 3.05) is 39.8 Å². The molecule has 2 heterocycles. The lowest BCUT2D eigenvalue weighted by atomic mass is 9.98. The molecule has 4 rings (SSSR count). The molecule has 1 aliphatic heterocycles. The van der Waals surface area contributed by atoms with Gasteiger partial charge in [0.1, 0.15) is 11.5 Å². The van der Waals surface area contributed by atoms with Gasteiger partial charge in [0.05, 0.1) is 12.7 Å². The van der Waals surface area contributed by atoms with Crippen molar-refractivity contribution in [2.24, 2.45) is 0 Å². The molecule has 9 heteroatoms. The monoisotopic (exact) mass is 520 g/mol. The Morgan fingerprint density at radius 2 is 1.74 bits per heavy atom. The van der Waals surface area contributed by atoms with E-state index in [0.29, 0.717) is 29.7 Å². The third kappa shape index (κ3) is 5.84. The Balaban J connectivity index is 1.68. The minimum Gasteiger partial charge on any atom is -0.507 e. The summed E-state index contributed by atoms with van der Waals surface area (Å²) in [5, 5.41) is 22.3. The Labute approximate surface area is 225 Å². The van der Waals surface area contributed by atoms with Crippen molar-refractivity contribution >= 4 is 5.91 Å². The normalized spacial score (nSPS) is 14.8. The maximum absolute atomic E-state index is 12.9. The van der Waals surface area contributed by atoms with Crippen molar-refractivity contribution in [3.63, 3.8) is 0 Å². The van der Waals surface area contributed by atoms with Gasteiger partial charge >= 0.3 is 0 Å². The van der Waals surface area contributed by atoms with Gasteiger partial charge < -0.3 is 15.2 Å². The molecule has 1 aliphatic rings. The Bertz CT molecular complexity index is 1240. The molecule has 3 aromatic rings. The van der Waals surface area contributed by atoms with Gasteiger partial charge in [-0.2, -0.15) is 0 Å². The zero-order valence-electron chi connectivity index (χ0n) is 23.4. The van der Waals surface area contributed by atoms with Crippen LogP contribution in [0.3, 0.4) is 0 Å². The molecule has 204 valence electrons. The van der Waals surface area contributed by atoms with Crippen LogP contribution in [0.2, 0.25) is 0 Å². The third-order valence-electron chi connectivity index (χ3n) is 7.15. The Morgan fingerprint density at radius 1 is 1.05 bits per heavy atom. The van der Waals surface area contributed by atoms with Crippen LogP contribution < -0.4 is 10.1 Å². The smallest absolute Gasteiger partial charge is 0.289 e. The zero-order chi connectivity index (χ0) is 27.4. The molecule has 38 heavy (non-hydrogen) atoms. The van der Waals surface area contributed by atoms with Gasteiger partial charge in [0.15, 0.2) is 5.82 Å². The number of phenols is 1. The number of aromatic nitrogens is 3. The quantitative estimate of drug-likeness (QED) is 0.440. The summed E-state index contributed by atoms with van der Waals surface area (Å²) in [5.74, 6) is 1.02. The van der Waals surface area contributed by atoms with E-state index in [9.17, 15) is 9.90 Å². The zero-order valence-corrected chi connectivity index (χ0v) is 23.4. The first-order chi connectivity index (χ1) is 18.2. The van der Waals surface area contributed by atoms with Crippen LogP contribution in [0.25, 0.3) is 17.1 Å². The van der Waals surface area contributed by atoms with E-state index < -0.39 is 0 Å². The molecule has 1 saturated heterocycles. The first-order valence-electron chi connectivity index (χ1n) is 13.4. The van der Waals surface area contributed by atoms with E-state index in [0.717, 1.165) is 44.0 Å². The van der Waals surface area contributed by atoms with Gasteiger partial charge in [-0.05, 0) is 56.0 Å². The van der Waals surface area contributed by atoms with Gasteiger partial charge in [0.2, 0.25) is 5.82 Å². The molecule has 0 atom stereocenters. The van der Waals surface area contributed by atoms with Crippen LogP contribution in [0, 0.1) is 0 Å². The number of nitrogens with one attached hydrogen (secondary N) is 1. The van der Waals surface area contributed by atoms with Crippen LogP contribution >= 0.6 is 0 Å². The average molecular weight is 521 g/mol. The molecule has 2 aromatic carbocycles. The van der Waals surface area contributed by atoms with E-state index in [1.165, 1.54) is 5.56 Å². The fourth-order valence-corrected chi connectivity index (χ4v) is 4.93. The molecule has 9 nitrogen and oxygen atoms in total. The van der Waals surface area contributed by atoms with Crippen molar-refractivity contribution < 1.29 is 14.6 Å². The molecule has 0 bridgehead atoms. The van der Waals surface area contributed by atoms with E-state index in [1.807, 2.05) is 25.1 Å². The van der Waals surface area contributed by atoms with Crippen molar-refractivity contribution in [2.45, 2.75) is 53.1 Å². The highest BCUT2D eigenvalue weighted by Gasteiger charge is 2.25. The molecule has 1 fully saturated rings. The van der Waals surface area contributed by atoms with Gasteiger partial charge in [-0.3, -0.25) is 19.2 Å². The number of piperazine rings is 1. The van der Waals surface area contributed by atoms with Crippen LogP contribution in [0.1, 0.15) is 62.3 Å².